The Hall–Kier alpha value is -2.47. The van der Waals surface area contributed by atoms with Crippen LogP contribution in [0.15, 0.2) is 47.3 Å². The molecule has 1 aliphatic heterocycles. The van der Waals surface area contributed by atoms with Crippen molar-refractivity contribution in [2.45, 2.75) is 13.0 Å². The highest BCUT2D eigenvalue weighted by atomic mass is 16.2. The Bertz CT molecular complexity index is 749. The molecule has 0 radical (unpaired) electrons. The Morgan fingerprint density at radius 3 is 2.46 bits per heavy atom. The molecule has 0 aliphatic carbocycles. The summed E-state index contributed by atoms with van der Waals surface area (Å²) in [4.78, 5) is 28.4. The maximum Gasteiger partial charge on any atom is 0.266 e. The second kappa shape index (κ2) is 7.40. The Balaban J connectivity index is 1.67. The van der Waals surface area contributed by atoms with Crippen LogP contribution in [0.3, 0.4) is 0 Å². The maximum atomic E-state index is 12.3. The topological polar surface area (TPSA) is 58.4 Å². The van der Waals surface area contributed by atoms with E-state index in [0.717, 1.165) is 37.4 Å². The van der Waals surface area contributed by atoms with Crippen LogP contribution in [0.4, 0.5) is 0 Å². The van der Waals surface area contributed by atoms with Crippen molar-refractivity contribution in [1.29, 1.82) is 0 Å². The largest absolute Gasteiger partial charge is 0.340 e. The van der Waals surface area contributed by atoms with Gasteiger partial charge in [-0.1, -0.05) is 30.3 Å². The third-order valence-corrected chi connectivity index (χ3v) is 4.33. The van der Waals surface area contributed by atoms with E-state index in [4.69, 9.17) is 0 Å². The van der Waals surface area contributed by atoms with Gasteiger partial charge in [0, 0.05) is 44.2 Å². The summed E-state index contributed by atoms with van der Waals surface area (Å²) in [5.74, 6) is 0.0851. The summed E-state index contributed by atoms with van der Waals surface area (Å²) < 4.78 is 1.39. The third-order valence-electron chi connectivity index (χ3n) is 4.33. The van der Waals surface area contributed by atoms with Crippen LogP contribution in [0.5, 0.6) is 0 Å². The highest BCUT2D eigenvalue weighted by molar-refractivity contribution is 5.76. The van der Waals surface area contributed by atoms with Gasteiger partial charge in [-0.05, 0) is 13.1 Å². The van der Waals surface area contributed by atoms with Gasteiger partial charge in [0.1, 0.15) is 0 Å². The lowest BCUT2D eigenvalue weighted by Crippen LogP contribution is -2.47. The Kier molecular flexibility index (Phi) is 5.05. The number of nitrogens with zero attached hydrogens (tertiary/aromatic N) is 4. The predicted octanol–water partition coefficient (Wildman–Crippen LogP) is 1.07. The number of amides is 1. The van der Waals surface area contributed by atoms with Crippen molar-refractivity contribution >= 4 is 5.91 Å². The molecule has 0 unspecified atom stereocenters. The molecule has 2 heterocycles. The molecule has 1 fully saturated rings. The van der Waals surface area contributed by atoms with Crippen LogP contribution in [0.25, 0.3) is 11.3 Å². The van der Waals surface area contributed by atoms with Gasteiger partial charge in [0.2, 0.25) is 5.91 Å². The summed E-state index contributed by atoms with van der Waals surface area (Å²) in [6.45, 7) is 3.61. The van der Waals surface area contributed by atoms with Crippen LogP contribution in [0.2, 0.25) is 0 Å². The van der Waals surface area contributed by atoms with Gasteiger partial charge >= 0.3 is 0 Å². The number of hydrogen-bond acceptors (Lipinski definition) is 4. The van der Waals surface area contributed by atoms with Crippen molar-refractivity contribution in [1.82, 2.24) is 19.6 Å². The molecule has 1 aliphatic rings. The van der Waals surface area contributed by atoms with E-state index >= 15 is 0 Å². The van der Waals surface area contributed by atoms with Gasteiger partial charge in [-0.15, -0.1) is 0 Å². The van der Waals surface area contributed by atoms with E-state index in [1.165, 1.54) is 10.7 Å². The molecule has 6 heteroatoms. The molecular weight excluding hydrogens is 304 g/mol. The van der Waals surface area contributed by atoms with Crippen molar-refractivity contribution in [3.05, 3.63) is 52.8 Å². The van der Waals surface area contributed by atoms with E-state index < -0.39 is 0 Å². The molecule has 126 valence electrons. The lowest BCUT2D eigenvalue weighted by atomic mass is 10.1. The second-order valence-corrected chi connectivity index (χ2v) is 6.08. The van der Waals surface area contributed by atoms with Gasteiger partial charge in [-0.25, -0.2) is 4.68 Å². The van der Waals surface area contributed by atoms with E-state index in [1.807, 2.05) is 35.2 Å². The second-order valence-electron chi connectivity index (χ2n) is 6.08. The Labute approximate surface area is 141 Å². The summed E-state index contributed by atoms with van der Waals surface area (Å²) >= 11 is 0. The smallest absolute Gasteiger partial charge is 0.266 e. The normalized spacial score (nSPS) is 15.5. The molecule has 2 aromatic rings. The molecule has 1 aromatic carbocycles. The lowest BCUT2D eigenvalue weighted by molar-refractivity contribution is -0.133. The first kappa shape index (κ1) is 16.4. The molecule has 1 saturated heterocycles. The fourth-order valence-corrected chi connectivity index (χ4v) is 2.79. The van der Waals surface area contributed by atoms with Crippen molar-refractivity contribution in [3.8, 4) is 11.3 Å². The number of carbonyl (C=O) groups excluding carboxylic acids is 1. The molecule has 6 nitrogen and oxygen atoms in total. The minimum Gasteiger partial charge on any atom is -0.340 e. The quantitative estimate of drug-likeness (QED) is 0.843. The van der Waals surface area contributed by atoms with E-state index in [9.17, 15) is 9.59 Å². The number of likely N-dealkylation sites (N-methyl/N-ethyl adjacent to an activating group) is 1. The standard InChI is InChI=1S/C18H22N4O2/c1-20-11-13-21(14-12-20)17(23)9-10-22-18(24)8-7-16(19-22)15-5-3-2-4-6-15/h2-8H,9-14H2,1H3. The molecule has 0 atom stereocenters. The van der Waals surface area contributed by atoms with E-state index in [0.29, 0.717) is 13.0 Å². The van der Waals surface area contributed by atoms with Crippen LogP contribution in [-0.2, 0) is 11.3 Å². The van der Waals surface area contributed by atoms with Crippen molar-refractivity contribution < 1.29 is 4.79 Å². The number of aryl methyl sites for hydroxylation is 1. The Morgan fingerprint density at radius 1 is 1.04 bits per heavy atom. The van der Waals surface area contributed by atoms with Gasteiger partial charge in [0.05, 0.1) is 12.2 Å². The summed E-state index contributed by atoms with van der Waals surface area (Å²) in [5, 5.41) is 4.40. The van der Waals surface area contributed by atoms with Gasteiger partial charge in [0.15, 0.2) is 0 Å². The van der Waals surface area contributed by atoms with E-state index in [2.05, 4.69) is 17.0 Å². The molecule has 0 bridgehead atoms. The van der Waals surface area contributed by atoms with Crippen molar-refractivity contribution in [2.24, 2.45) is 0 Å². The first-order chi connectivity index (χ1) is 11.6. The maximum absolute atomic E-state index is 12.3. The number of rotatable bonds is 4. The molecule has 1 aromatic heterocycles. The average molecular weight is 326 g/mol. The number of hydrogen-bond donors (Lipinski definition) is 0. The van der Waals surface area contributed by atoms with Crippen LogP contribution in [0, 0.1) is 0 Å². The van der Waals surface area contributed by atoms with Crippen molar-refractivity contribution in [2.75, 3.05) is 33.2 Å². The first-order valence-corrected chi connectivity index (χ1v) is 8.23. The van der Waals surface area contributed by atoms with E-state index in [1.54, 1.807) is 6.07 Å². The monoisotopic (exact) mass is 326 g/mol. The summed E-state index contributed by atoms with van der Waals surface area (Å²) in [6.07, 6.45) is 0.300. The van der Waals surface area contributed by atoms with Crippen LogP contribution < -0.4 is 5.56 Å². The first-order valence-electron chi connectivity index (χ1n) is 8.23. The molecule has 1 amide bonds. The van der Waals surface area contributed by atoms with Gasteiger partial charge in [-0.3, -0.25) is 9.59 Å². The molecule has 0 N–H and O–H groups in total. The number of piperazine rings is 1. The third kappa shape index (κ3) is 3.89. The zero-order valence-electron chi connectivity index (χ0n) is 13.9. The zero-order valence-corrected chi connectivity index (χ0v) is 13.9. The molecule has 24 heavy (non-hydrogen) atoms. The van der Waals surface area contributed by atoms with Crippen LogP contribution in [-0.4, -0.2) is 58.7 Å². The zero-order chi connectivity index (χ0) is 16.9. The number of benzene rings is 1. The SMILES string of the molecule is CN1CCN(C(=O)CCn2nc(-c3ccccc3)ccc2=O)CC1. The fourth-order valence-electron chi connectivity index (χ4n) is 2.79. The predicted molar refractivity (Wildman–Crippen MR) is 92.6 cm³/mol. The molecule has 0 saturated carbocycles. The minimum atomic E-state index is -0.180. The Morgan fingerprint density at radius 2 is 1.75 bits per heavy atom. The molecular formula is C18H22N4O2. The van der Waals surface area contributed by atoms with Crippen molar-refractivity contribution in [3.63, 3.8) is 0 Å². The highest BCUT2D eigenvalue weighted by Crippen LogP contribution is 2.14. The van der Waals surface area contributed by atoms with E-state index in [-0.39, 0.29) is 11.5 Å². The van der Waals surface area contributed by atoms with Gasteiger partial charge in [-0.2, -0.15) is 5.10 Å². The van der Waals surface area contributed by atoms with Crippen LogP contribution >= 0.6 is 0 Å². The molecule has 0 spiro atoms. The van der Waals surface area contributed by atoms with Gasteiger partial charge < -0.3 is 9.80 Å². The summed E-state index contributed by atoms with van der Waals surface area (Å²) in [7, 11) is 2.06. The minimum absolute atomic E-state index is 0.0851. The lowest BCUT2D eigenvalue weighted by Gasteiger charge is -2.32. The summed E-state index contributed by atoms with van der Waals surface area (Å²) in [5.41, 5.74) is 1.51. The van der Waals surface area contributed by atoms with Gasteiger partial charge in [0.25, 0.3) is 5.56 Å². The highest BCUT2D eigenvalue weighted by Gasteiger charge is 2.18. The number of aromatic nitrogens is 2. The molecule has 3 rings (SSSR count). The van der Waals surface area contributed by atoms with Crippen LogP contribution in [0.1, 0.15) is 6.42 Å². The fraction of sp³-hybridized carbons (Fsp3) is 0.389. The number of carbonyl (C=O) groups is 1. The summed E-state index contributed by atoms with van der Waals surface area (Å²) in [6, 6.07) is 12.9. The average Bonchev–Trinajstić information content (AvgIpc) is 2.62.